The summed E-state index contributed by atoms with van der Waals surface area (Å²) in [5, 5.41) is 6.85. The van der Waals surface area contributed by atoms with Crippen molar-refractivity contribution in [2.45, 2.75) is 44.2 Å². The number of carbonyl (C=O) groups excluding carboxylic acids is 1. The molecule has 2 saturated heterocycles. The minimum absolute atomic E-state index is 0.134. The Bertz CT molecular complexity index is 862. The maximum absolute atomic E-state index is 13.5. The highest BCUT2D eigenvalue weighted by atomic mass is 16.5. The zero-order valence-corrected chi connectivity index (χ0v) is 16.5. The number of amides is 1. The molecule has 2 aromatic heterocycles. The van der Waals surface area contributed by atoms with Crippen LogP contribution in [-0.2, 0) is 9.53 Å². The van der Waals surface area contributed by atoms with Gasteiger partial charge in [0.15, 0.2) is 0 Å². The number of pyridine rings is 1. The van der Waals surface area contributed by atoms with Crippen LogP contribution < -0.4 is 4.90 Å². The summed E-state index contributed by atoms with van der Waals surface area (Å²) in [7, 11) is 2.00. The van der Waals surface area contributed by atoms with Gasteiger partial charge in [0.1, 0.15) is 11.9 Å². The maximum Gasteiger partial charge on any atom is 0.246 e. The van der Waals surface area contributed by atoms with Crippen LogP contribution in [0.3, 0.4) is 0 Å². The summed E-state index contributed by atoms with van der Waals surface area (Å²) in [6.45, 7) is 4.68. The van der Waals surface area contributed by atoms with Gasteiger partial charge < -0.3 is 14.5 Å². The van der Waals surface area contributed by atoms with E-state index in [9.17, 15) is 4.79 Å². The van der Waals surface area contributed by atoms with Crippen LogP contribution in [0.15, 0.2) is 24.5 Å². The van der Waals surface area contributed by atoms with Gasteiger partial charge in [-0.25, -0.2) is 4.98 Å². The highest BCUT2D eigenvalue weighted by molar-refractivity contribution is 5.89. The third kappa shape index (κ3) is 2.71. The molecular weight excluding hydrogens is 354 g/mol. The predicted octanol–water partition coefficient (Wildman–Crippen LogP) is 2.42. The molecular formula is C21H27N5O2. The molecule has 0 aliphatic carbocycles. The SMILES string of the molecule is CC1c2ccc(-c3cn[nH]c3)nc2N(C)C1C(=O)N1CC[C@@H]1C1CCOCC1. The zero-order chi connectivity index (χ0) is 19.3. The lowest BCUT2D eigenvalue weighted by molar-refractivity contribution is -0.144. The summed E-state index contributed by atoms with van der Waals surface area (Å²) in [5.41, 5.74) is 2.99. The lowest BCUT2D eigenvalue weighted by Crippen LogP contribution is -2.60. The van der Waals surface area contributed by atoms with Crippen LogP contribution in [0.4, 0.5) is 5.82 Å². The van der Waals surface area contributed by atoms with Crippen molar-refractivity contribution in [2.24, 2.45) is 5.92 Å². The van der Waals surface area contributed by atoms with Gasteiger partial charge in [0.25, 0.3) is 0 Å². The number of hydrogen-bond acceptors (Lipinski definition) is 5. The van der Waals surface area contributed by atoms with Crippen LogP contribution in [0.25, 0.3) is 11.3 Å². The second kappa shape index (κ2) is 6.88. The van der Waals surface area contributed by atoms with Crippen molar-refractivity contribution in [3.8, 4) is 11.3 Å². The monoisotopic (exact) mass is 381 g/mol. The smallest absolute Gasteiger partial charge is 0.246 e. The molecule has 7 nitrogen and oxygen atoms in total. The van der Waals surface area contributed by atoms with Crippen molar-refractivity contribution < 1.29 is 9.53 Å². The van der Waals surface area contributed by atoms with E-state index in [0.717, 1.165) is 61.7 Å². The molecule has 5 heterocycles. The Labute approximate surface area is 165 Å². The molecule has 0 bridgehead atoms. The topological polar surface area (TPSA) is 74.4 Å². The Balaban J connectivity index is 1.37. The Morgan fingerprint density at radius 2 is 2.07 bits per heavy atom. The molecule has 1 amide bonds. The normalized spacial score (nSPS) is 27.6. The van der Waals surface area contributed by atoms with Gasteiger partial charge >= 0.3 is 0 Å². The van der Waals surface area contributed by atoms with E-state index in [1.54, 1.807) is 6.20 Å². The number of likely N-dealkylation sites (tertiary alicyclic amines) is 1. The van der Waals surface area contributed by atoms with E-state index in [1.807, 2.05) is 19.3 Å². The highest BCUT2D eigenvalue weighted by Crippen LogP contribution is 2.42. The molecule has 0 spiro atoms. The van der Waals surface area contributed by atoms with Gasteiger partial charge in [0, 0.05) is 56.1 Å². The lowest BCUT2D eigenvalue weighted by Gasteiger charge is -2.48. The molecule has 3 aliphatic heterocycles. The second-order valence-electron chi connectivity index (χ2n) is 8.28. The van der Waals surface area contributed by atoms with Crippen LogP contribution in [0.2, 0.25) is 0 Å². The quantitative estimate of drug-likeness (QED) is 0.884. The number of fused-ring (bicyclic) bond motifs is 1. The minimum atomic E-state index is -0.176. The third-order valence-electron chi connectivity index (χ3n) is 6.83. The van der Waals surface area contributed by atoms with Gasteiger partial charge in [-0.1, -0.05) is 13.0 Å². The summed E-state index contributed by atoms with van der Waals surface area (Å²) in [6, 6.07) is 4.35. The van der Waals surface area contributed by atoms with Gasteiger partial charge in [-0.2, -0.15) is 5.10 Å². The summed E-state index contributed by atoms with van der Waals surface area (Å²) in [4.78, 5) is 22.5. The fraction of sp³-hybridized carbons (Fsp3) is 0.571. The number of carbonyl (C=O) groups is 1. The number of aromatic amines is 1. The number of H-pyrrole nitrogens is 1. The molecule has 0 aromatic carbocycles. The van der Waals surface area contributed by atoms with E-state index in [2.05, 4.69) is 33.0 Å². The minimum Gasteiger partial charge on any atom is -0.381 e. The molecule has 0 saturated carbocycles. The number of ether oxygens (including phenoxy) is 1. The van der Waals surface area contributed by atoms with E-state index < -0.39 is 0 Å². The largest absolute Gasteiger partial charge is 0.381 e. The molecule has 2 aromatic rings. The van der Waals surface area contributed by atoms with Crippen molar-refractivity contribution >= 4 is 11.7 Å². The first-order valence-electron chi connectivity index (χ1n) is 10.3. The summed E-state index contributed by atoms with van der Waals surface area (Å²) < 4.78 is 5.51. The standard InChI is InChI=1S/C21H27N5O2/c1-13-16-3-4-17(15-11-22-23-12-15)24-20(16)25(2)19(13)21(27)26-8-5-18(26)14-6-9-28-10-7-14/h3-4,11-14,18-19H,5-10H2,1-2H3,(H,22,23)/t13?,18-,19?/m1/s1. The number of likely N-dealkylation sites (N-methyl/N-ethyl adjacent to an activating group) is 1. The van der Waals surface area contributed by atoms with Crippen LogP contribution in [0.1, 0.15) is 37.7 Å². The van der Waals surface area contributed by atoms with Crippen molar-refractivity contribution in [1.82, 2.24) is 20.1 Å². The van der Waals surface area contributed by atoms with Crippen molar-refractivity contribution in [1.29, 1.82) is 0 Å². The fourth-order valence-electron chi connectivity index (χ4n) is 5.11. The number of rotatable bonds is 3. The van der Waals surface area contributed by atoms with Gasteiger partial charge in [0.2, 0.25) is 5.91 Å². The van der Waals surface area contributed by atoms with Crippen molar-refractivity contribution in [3.05, 3.63) is 30.1 Å². The first kappa shape index (κ1) is 17.7. The second-order valence-corrected chi connectivity index (χ2v) is 8.28. The molecule has 1 N–H and O–H groups in total. The number of hydrogen-bond donors (Lipinski definition) is 1. The molecule has 7 heteroatoms. The van der Waals surface area contributed by atoms with Gasteiger partial charge in [-0.15, -0.1) is 0 Å². The predicted molar refractivity (Wildman–Crippen MR) is 106 cm³/mol. The molecule has 5 rings (SSSR count). The van der Waals surface area contributed by atoms with Crippen LogP contribution in [-0.4, -0.2) is 64.9 Å². The molecule has 3 atom stereocenters. The molecule has 3 aliphatic rings. The lowest BCUT2D eigenvalue weighted by atomic mass is 9.83. The summed E-state index contributed by atoms with van der Waals surface area (Å²) in [5.74, 6) is 1.88. The van der Waals surface area contributed by atoms with Crippen LogP contribution in [0.5, 0.6) is 0 Å². The van der Waals surface area contributed by atoms with Gasteiger partial charge in [-0.05, 0) is 31.2 Å². The van der Waals surface area contributed by atoms with E-state index in [1.165, 1.54) is 0 Å². The van der Waals surface area contributed by atoms with Gasteiger partial charge in [0.05, 0.1) is 11.9 Å². The average molecular weight is 381 g/mol. The van der Waals surface area contributed by atoms with E-state index >= 15 is 0 Å². The van der Waals surface area contributed by atoms with E-state index in [4.69, 9.17) is 9.72 Å². The third-order valence-corrected chi connectivity index (χ3v) is 6.83. The molecule has 2 fully saturated rings. The van der Waals surface area contributed by atoms with E-state index in [0.29, 0.717) is 12.0 Å². The van der Waals surface area contributed by atoms with Crippen LogP contribution in [0, 0.1) is 5.92 Å². The Hall–Kier alpha value is -2.41. The number of nitrogens with one attached hydrogen (secondary N) is 1. The van der Waals surface area contributed by atoms with Gasteiger partial charge in [-0.3, -0.25) is 9.89 Å². The average Bonchev–Trinajstić information content (AvgIpc) is 3.29. The Kier molecular flexibility index (Phi) is 4.34. The summed E-state index contributed by atoms with van der Waals surface area (Å²) in [6.07, 6.45) is 6.88. The maximum atomic E-state index is 13.5. The molecule has 28 heavy (non-hydrogen) atoms. The highest BCUT2D eigenvalue weighted by Gasteiger charge is 2.46. The van der Waals surface area contributed by atoms with E-state index in [-0.39, 0.29) is 17.9 Å². The van der Waals surface area contributed by atoms with Crippen molar-refractivity contribution in [3.63, 3.8) is 0 Å². The first-order valence-corrected chi connectivity index (χ1v) is 10.3. The first-order chi connectivity index (χ1) is 13.6. The molecule has 148 valence electrons. The Morgan fingerprint density at radius 3 is 2.75 bits per heavy atom. The number of nitrogens with zero attached hydrogens (tertiary/aromatic N) is 4. The molecule has 2 unspecified atom stereocenters. The fourth-order valence-corrected chi connectivity index (χ4v) is 5.11. The Morgan fingerprint density at radius 1 is 1.25 bits per heavy atom. The number of anilines is 1. The zero-order valence-electron chi connectivity index (χ0n) is 16.5. The number of aromatic nitrogens is 3. The molecule has 0 radical (unpaired) electrons. The van der Waals surface area contributed by atoms with Crippen LogP contribution >= 0.6 is 0 Å². The van der Waals surface area contributed by atoms with Crippen molar-refractivity contribution in [2.75, 3.05) is 31.7 Å². The summed E-state index contributed by atoms with van der Waals surface area (Å²) >= 11 is 0.